The number of rotatable bonds is 3. The molecule has 3 rings (SSSR count). The Morgan fingerprint density at radius 2 is 1.26 bits per heavy atom. The van der Waals surface area contributed by atoms with Crippen LogP contribution in [0.1, 0.15) is 30.5 Å². The molecular weight excluding hydrogens is 371 g/mol. The molecule has 0 nitrogen and oxygen atoms in total. The molecule has 0 atom stereocenters. The standard InChI is InChI=1S/C25H20Cl2/c1-19(2)18-25(21-9-5-3-6-10-21,22-11-7-4-8-12-22)14-13-20-15-23(26)17-24(27)16-20/h3-12,15-18H,1-2H3. The van der Waals surface area contributed by atoms with Gasteiger partial charge in [-0.2, -0.15) is 0 Å². The first-order valence-corrected chi connectivity index (χ1v) is 9.51. The zero-order chi connectivity index (χ0) is 19.3. The van der Waals surface area contributed by atoms with Gasteiger partial charge in [-0.1, -0.05) is 107 Å². The number of benzene rings is 3. The quantitative estimate of drug-likeness (QED) is 0.325. The summed E-state index contributed by atoms with van der Waals surface area (Å²) in [4.78, 5) is 0. The van der Waals surface area contributed by atoms with Crippen molar-refractivity contribution in [2.24, 2.45) is 0 Å². The van der Waals surface area contributed by atoms with Crippen LogP contribution in [0.5, 0.6) is 0 Å². The number of hydrogen-bond acceptors (Lipinski definition) is 0. The van der Waals surface area contributed by atoms with Gasteiger partial charge >= 0.3 is 0 Å². The van der Waals surface area contributed by atoms with E-state index in [2.05, 4.69) is 56.0 Å². The van der Waals surface area contributed by atoms with Crippen molar-refractivity contribution in [2.45, 2.75) is 19.3 Å². The molecule has 2 heteroatoms. The van der Waals surface area contributed by atoms with E-state index in [9.17, 15) is 0 Å². The molecule has 0 heterocycles. The summed E-state index contributed by atoms with van der Waals surface area (Å²) in [6.45, 7) is 4.19. The highest BCUT2D eigenvalue weighted by Crippen LogP contribution is 2.34. The maximum atomic E-state index is 6.15. The Kier molecular flexibility index (Phi) is 6.07. The van der Waals surface area contributed by atoms with Gasteiger partial charge in [0.05, 0.1) is 5.41 Å². The molecule has 0 aliphatic carbocycles. The van der Waals surface area contributed by atoms with E-state index in [1.165, 1.54) is 5.57 Å². The molecule has 0 bridgehead atoms. The molecule has 0 aromatic heterocycles. The maximum absolute atomic E-state index is 6.15. The fourth-order valence-corrected chi connectivity index (χ4v) is 3.67. The van der Waals surface area contributed by atoms with Crippen molar-refractivity contribution in [1.29, 1.82) is 0 Å². The third kappa shape index (κ3) is 4.64. The lowest BCUT2D eigenvalue weighted by molar-refractivity contribution is 0.837. The van der Waals surface area contributed by atoms with Gasteiger partial charge in [-0.25, -0.2) is 0 Å². The van der Waals surface area contributed by atoms with Gasteiger partial charge in [0.25, 0.3) is 0 Å². The highest BCUT2D eigenvalue weighted by atomic mass is 35.5. The Balaban J connectivity index is 2.27. The minimum absolute atomic E-state index is 0.559. The lowest BCUT2D eigenvalue weighted by Gasteiger charge is -2.27. The van der Waals surface area contributed by atoms with Crippen LogP contribution in [0.3, 0.4) is 0 Å². The predicted molar refractivity (Wildman–Crippen MR) is 116 cm³/mol. The average Bonchev–Trinajstić information content (AvgIpc) is 2.65. The summed E-state index contributed by atoms with van der Waals surface area (Å²) in [5.41, 5.74) is 3.68. The third-order valence-corrected chi connectivity index (χ3v) is 4.67. The molecule has 0 amide bonds. The number of hydrogen-bond donors (Lipinski definition) is 0. The second-order valence-electron chi connectivity index (χ2n) is 6.67. The van der Waals surface area contributed by atoms with Crippen molar-refractivity contribution in [3.8, 4) is 11.8 Å². The molecule has 0 saturated carbocycles. The minimum Gasteiger partial charge on any atom is -0.0842 e. The SMILES string of the molecule is CC(C)=CC(C#Cc1cc(Cl)cc(Cl)c1)(c1ccccc1)c1ccccc1. The molecule has 0 aliphatic rings. The lowest BCUT2D eigenvalue weighted by Crippen LogP contribution is -2.24. The molecule has 0 radical (unpaired) electrons. The van der Waals surface area contributed by atoms with E-state index >= 15 is 0 Å². The Morgan fingerprint density at radius 3 is 1.70 bits per heavy atom. The first-order valence-electron chi connectivity index (χ1n) is 8.76. The van der Waals surface area contributed by atoms with Crippen LogP contribution in [0.25, 0.3) is 0 Å². The Hall–Kier alpha value is -2.46. The van der Waals surface area contributed by atoms with Gasteiger partial charge < -0.3 is 0 Å². The average molecular weight is 391 g/mol. The first kappa shape index (κ1) is 19.3. The maximum Gasteiger partial charge on any atom is 0.0999 e. The summed E-state index contributed by atoms with van der Waals surface area (Å²) in [6, 6.07) is 26.1. The second kappa shape index (κ2) is 8.49. The summed E-state index contributed by atoms with van der Waals surface area (Å²) in [5.74, 6) is 6.83. The van der Waals surface area contributed by atoms with Crippen molar-refractivity contribution >= 4 is 23.2 Å². The van der Waals surface area contributed by atoms with Crippen molar-refractivity contribution in [3.63, 3.8) is 0 Å². The van der Waals surface area contributed by atoms with Crippen LogP contribution in [-0.4, -0.2) is 0 Å². The molecule has 3 aromatic rings. The van der Waals surface area contributed by atoms with Crippen LogP contribution in [0, 0.1) is 11.8 Å². The fourth-order valence-electron chi connectivity index (χ4n) is 3.15. The summed E-state index contributed by atoms with van der Waals surface area (Å²) < 4.78 is 0. The number of halogens is 2. The van der Waals surface area contributed by atoms with Crippen molar-refractivity contribution in [2.75, 3.05) is 0 Å². The summed E-state index contributed by atoms with van der Waals surface area (Å²) in [7, 11) is 0. The molecule has 0 spiro atoms. The van der Waals surface area contributed by atoms with Crippen LogP contribution in [-0.2, 0) is 5.41 Å². The van der Waals surface area contributed by atoms with Gasteiger partial charge in [0.15, 0.2) is 0 Å². The summed E-state index contributed by atoms with van der Waals surface area (Å²) in [6.07, 6.45) is 2.22. The zero-order valence-electron chi connectivity index (χ0n) is 15.3. The van der Waals surface area contributed by atoms with Crippen LogP contribution in [0.2, 0.25) is 10.0 Å². The van der Waals surface area contributed by atoms with Gasteiger partial charge in [0, 0.05) is 15.6 Å². The van der Waals surface area contributed by atoms with Crippen LogP contribution < -0.4 is 0 Å². The van der Waals surface area contributed by atoms with E-state index in [-0.39, 0.29) is 0 Å². The third-order valence-electron chi connectivity index (χ3n) is 4.23. The lowest BCUT2D eigenvalue weighted by atomic mass is 9.74. The molecule has 0 saturated heterocycles. The van der Waals surface area contributed by atoms with E-state index < -0.39 is 5.41 Å². The molecule has 134 valence electrons. The zero-order valence-corrected chi connectivity index (χ0v) is 16.9. The van der Waals surface area contributed by atoms with Crippen molar-refractivity contribution < 1.29 is 0 Å². The molecule has 3 aromatic carbocycles. The molecule has 0 unspecified atom stereocenters. The van der Waals surface area contributed by atoms with Crippen LogP contribution in [0.4, 0.5) is 0 Å². The minimum atomic E-state index is -0.559. The predicted octanol–water partition coefficient (Wildman–Crippen LogP) is 7.30. The van der Waals surface area contributed by atoms with Crippen molar-refractivity contribution in [3.05, 3.63) is 117 Å². The first-order chi connectivity index (χ1) is 13.0. The van der Waals surface area contributed by atoms with Crippen LogP contribution >= 0.6 is 23.2 Å². The smallest absolute Gasteiger partial charge is 0.0842 e. The highest BCUT2D eigenvalue weighted by molar-refractivity contribution is 6.34. The molecule has 0 N–H and O–H groups in total. The highest BCUT2D eigenvalue weighted by Gasteiger charge is 2.29. The van der Waals surface area contributed by atoms with Crippen molar-refractivity contribution in [1.82, 2.24) is 0 Å². The van der Waals surface area contributed by atoms with Gasteiger partial charge in [-0.15, -0.1) is 0 Å². The van der Waals surface area contributed by atoms with Gasteiger partial charge in [-0.3, -0.25) is 0 Å². The van der Waals surface area contributed by atoms with E-state index in [4.69, 9.17) is 23.2 Å². The van der Waals surface area contributed by atoms with Gasteiger partial charge in [0.1, 0.15) is 0 Å². The fraction of sp³-hybridized carbons (Fsp3) is 0.120. The molecular formula is C25H20Cl2. The monoisotopic (exact) mass is 390 g/mol. The van der Waals surface area contributed by atoms with Gasteiger partial charge in [0.2, 0.25) is 0 Å². The second-order valence-corrected chi connectivity index (χ2v) is 7.54. The van der Waals surface area contributed by atoms with E-state index in [0.29, 0.717) is 10.0 Å². The largest absolute Gasteiger partial charge is 0.0999 e. The van der Waals surface area contributed by atoms with E-state index in [0.717, 1.165) is 16.7 Å². The topological polar surface area (TPSA) is 0 Å². The van der Waals surface area contributed by atoms with E-state index in [1.807, 2.05) is 48.5 Å². The molecule has 27 heavy (non-hydrogen) atoms. The normalized spacial score (nSPS) is 10.7. The van der Waals surface area contributed by atoms with E-state index in [1.54, 1.807) is 6.07 Å². The van der Waals surface area contributed by atoms with Gasteiger partial charge in [-0.05, 0) is 43.2 Å². The summed E-state index contributed by atoms with van der Waals surface area (Å²) in [5, 5.41) is 1.16. The Morgan fingerprint density at radius 1 is 0.778 bits per heavy atom. The van der Waals surface area contributed by atoms with Crippen LogP contribution in [0.15, 0.2) is 90.5 Å². The number of allylic oxidation sites excluding steroid dienone is 2. The molecule has 0 aliphatic heterocycles. The molecule has 0 fully saturated rings. The Bertz CT molecular complexity index is 943. The Labute approximate surface area is 171 Å². The summed E-state index contributed by atoms with van der Waals surface area (Å²) >= 11 is 12.3.